The molecule has 0 radical (unpaired) electrons. The molecule has 1 aliphatic rings. The zero-order valence-corrected chi connectivity index (χ0v) is 13.4. The van der Waals surface area contributed by atoms with Crippen LogP contribution in [0.25, 0.3) is 10.7 Å². The molecule has 3 rings (SSSR count). The molecule has 0 N–H and O–H groups in total. The molecule has 3 nitrogen and oxygen atoms in total. The number of rotatable bonds is 1. The van der Waals surface area contributed by atoms with E-state index < -0.39 is 0 Å². The fourth-order valence-electron chi connectivity index (χ4n) is 2.16. The van der Waals surface area contributed by atoms with Crippen molar-refractivity contribution in [3.05, 3.63) is 33.4 Å². The predicted octanol–water partition coefficient (Wildman–Crippen LogP) is 4.23. The molecule has 0 aromatic carbocycles. The van der Waals surface area contributed by atoms with E-state index in [1.807, 2.05) is 0 Å². The van der Waals surface area contributed by atoms with Crippen molar-refractivity contribution in [2.45, 2.75) is 39.2 Å². The minimum atomic E-state index is 0.148. The predicted molar refractivity (Wildman–Crippen MR) is 82.4 cm³/mol. The van der Waals surface area contributed by atoms with Gasteiger partial charge in [0.1, 0.15) is 5.15 Å². The number of halogens is 1. The summed E-state index contributed by atoms with van der Waals surface area (Å²) in [6.45, 7) is 7.85. The highest BCUT2D eigenvalue weighted by Crippen LogP contribution is 2.35. The zero-order chi connectivity index (χ0) is 14.3. The number of ether oxygens (including phenoxy) is 1. The fraction of sp³-hybridized carbons (Fsp3) is 0.467. The van der Waals surface area contributed by atoms with E-state index in [2.05, 4.69) is 42.9 Å². The molecule has 20 heavy (non-hydrogen) atoms. The van der Waals surface area contributed by atoms with Crippen LogP contribution in [0.2, 0.25) is 5.15 Å². The van der Waals surface area contributed by atoms with E-state index in [-0.39, 0.29) is 5.41 Å². The third-order valence-corrected chi connectivity index (χ3v) is 5.16. The summed E-state index contributed by atoms with van der Waals surface area (Å²) in [7, 11) is 0. The summed E-state index contributed by atoms with van der Waals surface area (Å²) in [5.41, 5.74) is 2.11. The molecule has 0 fully saturated rings. The second kappa shape index (κ2) is 5.10. The van der Waals surface area contributed by atoms with Gasteiger partial charge in [0.2, 0.25) is 0 Å². The number of hydrogen-bond donors (Lipinski definition) is 0. The summed E-state index contributed by atoms with van der Waals surface area (Å²) in [4.78, 5) is 11.5. The Morgan fingerprint density at radius 1 is 1.25 bits per heavy atom. The van der Waals surface area contributed by atoms with E-state index in [0.29, 0.717) is 18.4 Å². The van der Waals surface area contributed by atoms with Gasteiger partial charge >= 0.3 is 0 Å². The van der Waals surface area contributed by atoms with Gasteiger partial charge in [-0.2, -0.15) is 0 Å². The molecule has 0 saturated carbocycles. The molecule has 106 valence electrons. The number of thiophene rings is 1. The molecule has 2 aromatic heterocycles. The largest absolute Gasteiger partial charge is 0.376 e. The number of aromatic nitrogens is 2. The standard InChI is InChI=1S/C15H17ClN2OS/c1-15(2,3)12-5-4-11(20-12)14-17-10-6-7-19-8-9(10)13(16)18-14/h4-5H,6-8H2,1-3H3. The quantitative estimate of drug-likeness (QED) is 0.740. The average Bonchev–Trinajstić information content (AvgIpc) is 2.88. The van der Waals surface area contributed by atoms with Crippen molar-refractivity contribution in [3.8, 4) is 10.7 Å². The number of fused-ring (bicyclic) bond motifs is 1. The summed E-state index contributed by atoms with van der Waals surface area (Å²) < 4.78 is 5.41. The Morgan fingerprint density at radius 3 is 2.75 bits per heavy atom. The highest BCUT2D eigenvalue weighted by Gasteiger charge is 2.20. The van der Waals surface area contributed by atoms with Crippen LogP contribution in [0, 0.1) is 0 Å². The van der Waals surface area contributed by atoms with Crippen molar-refractivity contribution in [1.29, 1.82) is 0 Å². The van der Waals surface area contributed by atoms with Crippen molar-refractivity contribution in [2.75, 3.05) is 6.61 Å². The molecule has 0 atom stereocenters. The minimum absolute atomic E-state index is 0.148. The van der Waals surface area contributed by atoms with Crippen molar-refractivity contribution in [1.82, 2.24) is 9.97 Å². The lowest BCUT2D eigenvalue weighted by atomic mass is 9.95. The third-order valence-electron chi connectivity index (χ3n) is 3.34. The molecule has 3 heterocycles. The maximum absolute atomic E-state index is 6.27. The van der Waals surface area contributed by atoms with Gasteiger partial charge in [-0.25, -0.2) is 9.97 Å². The number of hydrogen-bond acceptors (Lipinski definition) is 4. The van der Waals surface area contributed by atoms with Crippen LogP contribution in [-0.4, -0.2) is 16.6 Å². The number of nitrogens with zero attached hydrogens (tertiary/aromatic N) is 2. The molecule has 0 unspecified atom stereocenters. The Balaban J connectivity index is 2.02. The minimum Gasteiger partial charge on any atom is -0.376 e. The molecule has 0 aliphatic carbocycles. The van der Waals surface area contributed by atoms with Crippen LogP contribution in [0.5, 0.6) is 0 Å². The molecule has 0 saturated heterocycles. The van der Waals surface area contributed by atoms with Crippen LogP contribution >= 0.6 is 22.9 Å². The van der Waals surface area contributed by atoms with E-state index >= 15 is 0 Å². The summed E-state index contributed by atoms with van der Waals surface area (Å²) in [5.74, 6) is 0.733. The highest BCUT2D eigenvalue weighted by molar-refractivity contribution is 7.15. The summed E-state index contributed by atoms with van der Waals surface area (Å²) in [6, 6.07) is 4.24. The molecule has 1 aliphatic heterocycles. The van der Waals surface area contributed by atoms with Crippen molar-refractivity contribution >= 4 is 22.9 Å². The van der Waals surface area contributed by atoms with Crippen molar-refractivity contribution < 1.29 is 4.74 Å². The monoisotopic (exact) mass is 308 g/mol. The highest BCUT2D eigenvalue weighted by atomic mass is 35.5. The van der Waals surface area contributed by atoms with E-state index in [1.165, 1.54) is 4.88 Å². The van der Waals surface area contributed by atoms with E-state index in [0.717, 1.165) is 28.4 Å². The Kier molecular flexibility index (Phi) is 3.56. The van der Waals surface area contributed by atoms with Gasteiger partial charge < -0.3 is 4.74 Å². The van der Waals surface area contributed by atoms with Crippen molar-refractivity contribution in [2.24, 2.45) is 0 Å². The molecular formula is C15H17ClN2OS. The first-order chi connectivity index (χ1) is 9.45. The van der Waals surface area contributed by atoms with Gasteiger partial charge in [-0.3, -0.25) is 0 Å². The maximum atomic E-state index is 6.27. The molecular weight excluding hydrogens is 292 g/mol. The lowest BCUT2D eigenvalue weighted by molar-refractivity contribution is 0.109. The lowest BCUT2D eigenvalue weighted by Crippen LogP contribution is -2.13. The fourth-order valence-corrected chi connectivity index (χ4v) is 3.41. The third kappa shape index (κ3) is 2.60. The molecule has 5 heteroatoms. The van der Waals surface area contributed by atoms with Gasteiger partial charge in [-0.05, 0) is 17.5 Å². The SMILES string of the molecule is CC(C)(C)c1ccc(-c2nc(Cl)c3c(n2)CCOC3)s1. The smallest absolute Gasteiger partial charge is 0.171 e. The molecule has 0 spiro atoms. The van der Waals surface area contributed by atoms with E-state index in [9.17, 15) is 0 Å². The molecule has 0 bridgehead atoms. The Hall–Kier alpha value is -0.970. The summed E-state index contributed by atoms with van der Waals surface area (Å²) in [5, 5.41) is 0.524. The zero-order valence-electron chi connectivity index (χ0n) is 11.9. The van der Waals surface area contributed by atoms with Crippen molar-refractivity contribution in [3.63, 3.8) is 0 Å². The first-order valence-electron chi connectivity index (χ1n) is 6.69. The van der Waals surface area contributed by atoms with Crippen LogP contribution in [-0.2, 0) is 23.2 Å². The normalized spacial score (nSPS) is 15.2. The Labute approximate surface area is 128 Å². The van der Waals surface area contributed by atoms with Gasteiger partial charge in [0.25, 0.3) is 0 Å². The summed E-state index contributed by atoms with van der Waals surface area (Å²) in [6.07, 6.45) is 0.808. The maximum Gasteiger partial charge on any atom is 0.171 e. The van der Waals surface area contributed by atoms with E-state index in [1.54, 1.807) is 11.3 Å². The van der Waals surface area contributed by atoms with Gasteiger partial charge in [-0.1, -0.05) is 32.4 Å². The van der Waals surface area contributed by atoms with Crippen LogP contribution < -0.4 is 0 Å². The second-order valence-electron chi connectivity index (χ2n) is 5.98. The van der Waals surface area contributed by atoms with Crippen LogP contribution in [0.4, 0.5) is 0 Å². The van der Waals surface area contributed by atoms with Crippen LogP contribution in [0.15, 0.2) is 12.1 Å². The van der Waals surface area contributed by atoms with Gasteiger partial charge in [0.15, 0.2) is 5.82 Å². The molecule has 2 aromatic rings. The van der Waals surface area contributed by atoms with Crippen LogP contribution in [0.1, 0.15) is 36.9 Å². The average molecular weight is 309 g/mol. The van der Waals surface area contributed by atoms with Crippen LogP contribution in [0.3, 0.4) is 0 Å². The Morgan fingerprint density at radius 2 is 2.05 bits per heavy atom. The first kappa shape index (κ1) is 14.0. The topological polar surface area (TPSA) is 35.0 Å². The van der Waals surface area contributed by atoms with Gasteiger partial charge in [0, 0.05) is 16.9 Å². The van der Waals surface area contributed by atoms with Gasteiger partial charge in [0.05, 0.1) is 23.8 Å². The first-order valence-corrected chi connectivity index (χ1v) is 7.88. The summed E-state index contributed by atoms with van der Waals surface area (Å²) >= 11 is 8.00. The van der Waals surface area contributed by atoms with Gasteiger partial charge in [-0.15, -0.1) is 11.3 Å². The Bertz CT molecular complexity index is 646. The van der Waals surface area contributed by atoms with E-state index in [4.69, 9.17) is 16.3 Å². The second-order valence-corrected chi connectivity index (χ2v) is 7.42. The molecule has 0 amide bonds. The lowest BCUT2D eigenvalue weighted by Gasteiger charge is -2.17.